The van der Waals surface area contributed by atoms with Crippen LogP contribution in [0.4, 0.5) is 11.5 Å². The van der Waals surface area contributed by atoms with Gasteiger partial charge in [0.25, 0.3) is 5.56 Å². The number of aromatic nitrogens is 3. The van der Waals surface area contributed by atoms with Gasteiger partial charge in [-0.05, 0) is 48.7 Å². The number of anilines is 2. The van der Waals surface area contributed by atoms with E-state index in [0.29, 0.717) is 10.9 Å². The van der Waals surface area contributed by atoms with Crippen LogP contribution in [0.15, 0.2) is 52.4 Å². The fourth-order valence-corrected chi connectivity index (χ4v) is 3.40. The number of thioether (sulfide) groups is 1. The first-order chi connectivity index (χ1) is 13.0. The highest BCUT2D eigenvalue weighted by atomic mass is 32.2. The number of hydrogen-bond acceptors (Lipinski definition) is 6. The Labute approximate surface area is 162 Å². The Hall–Kier alpha value is -2.80. The normalized spacial score (nSPS) is 10.7. The van der Waals surface area contributed by atoms with E-state index in [1.807, 2.05) is 56.3 Å². The summed E-state index contributed by atoms with van der Waals surface area (Å²) in [6, 6.07) is 13.7. The average Bonchev–Trinajstić information content (AvgIpc) is 2.68. The lowest BCUT2D eigenvalue weighted by Gasteiger charge is -2.12. The van der Waals surface area contributed by atoms with Crippen LogP contribution < -0.4 is 15.6 Å². The fourth-order valence-electron chi connectivity index (χ4n) is 2.54. The number of methoxy groups -OCH3 is 1. The maximum absolute atomic E-state index is 12.7. The Morgan fingerprint density at radius 1 is 1.11 bits per heavy atom. The largest absolute Gasteiger partial charge is 0.497 e. The van der Waals surface area contributed by atoms with Crippen molar-refractivity contribution in [2.75, 3.05) is 12.4 Å². The summed E-state index contributed by atoms with van der Waals surface area (Å²) in [5.41, 5.74) is 4.01. The molecule has 0 aliphatic carbocycles. The molecule has 0 amide bonds. The van der Waals surface area contributed by atoms with E-state index in [4.69, 9.17) is 4.74 Å². The van der Waals surface area contributed by atoms with E-state index >= 15 is 0 Å². The number of nitrogens with one attached hydrogen (secondary N) is 1. The molecule has 1 aromatic heterocycles. The van der Waals surface area contributed by atoms with Crippen LogP contribution in [0.1, 0.15) is 16.7 Å². The zero-order valence-corrected chi connectivity index (χ0v) is 16.6. The van der Waals surface area contributed by atoms with E-state index in [0.717, 1.165) is 28.1 Å². The van der Waals surface area contributed by atoms with Crippen molar-refractivity contribution in [3.63, 3.8) is 0 Å². The smallest absolute Gasteiger partial charge is 0.297 e. The highest BCUT2D eigenvalue weighted by molar-refractivity contribution is 7.98. The van der Waals surface area contributed by atoms with Crippen LogP contribution in [0, 0.1) is 13.8 Å². The zero-order chi connectivity index (χ0) is 19.4. The number of rotatable bonds is 6. The number of benzene rings is 2. The SMILES string of the molecule is COc1ccc(CSc2nnc(Nc3cccc(C)c3C)c(=O)n2C)cc1. The van der Waals surface area contributed by atoms with Crippen molar-refractivity contribution in [3.8, 4) is 5.75 Å². The Morgan fingerprint density at radius 3 is 2.56 bits per heavy atom. The zero-order valence-electron chi connectivity index (χ0n) is 15.8. The Balaban J connectivity index is 1.76. The van der Waals surface area contributed by atoms with E-state index in [9.17, 15) is 4.79 Å². The first-order valence-corrected chi connectivity index (χ1v) is 9.51. The molecule has 6 nitrogen and oxygen atoms in total. The van der Waals surface area contributed by atoms with Crippen LogP contribution in [0.5, 0.6) is 5.75 Å². The van der Waals surface area contributed by atoms with Crippen LogP contribution >= 0.6 is 11.8 Å². The topological polar surface area (TPSA) is 69.0 Å². The molecule has 0 bridgehead atoms. The lowest BCUT2D eigenvalue weighted by atomic mass is 10.1. The predicted octanol–water partition coefficient (Wildman–Crippen LogP) is 3.84. The minimum absolute atomic E-state index is 0.205. The van der Waals surface area contributed by atoms with Crippen molar-refractivity contribution >= 4 is 23.3 Å². The van der Waals surface area contributed by atoms with E-state index in [1.54, 1.807) is 14.2 Å². The van der Waals surface area contributed by atoms with Crippen molar-refractivity contribution < 1.29 is 4.74 Å². The molecule has 0 saturated carbocycles. The van der Waals surface area contributed by atoms with Gasteiger partial charge >= 0.3 is 0 Å². The molecule has 0 spiro atoms. The van der Waals surface area contributed by atoms with Crippen LogP contribution in [0.2, 0.25) is 0 Å². The van der Waals surface area contributed by atoms with Gasteiger partial charge in [0.15, 0.2) is 5.16 Å². The maximum Gasteiger partial charge on any atom is 0.297 e. The van der Waals surface area contributed by atoms with Crippen LogP contribution in [0.25, 0.3) is 0 Å². The molecule has 0 radical (unpaired) electrons. The second-order valence-corrected chi connectivity index (χ2v) is 7.15. The van der Waals surface area contributed by atoms with Gasteiger partial charge < -0.3 is 10.1 Å². The van der Waals surface area contributed by atoms with Crippen molar-refractivity contribution in [1.29, 1.82) is 0 Å². The van der Waals surface area contributed by atoms with Gasteiger partial charge in [-0.3, -0.25) is 9.36 Å². The first-order valence-electron chi connectivity index (χ1n) is 8.52. The lowest BCUT2D eigenvalue weighted by Crippen LogP contribution is -2.24. The van der Waals surface area contributed by atoms with Gasteiger partial charge in [-0.2, -0.15) is 0 Å². The molecular weight excluding hydrogens is 360 g/mol. The van der Waals surface area contributed by atoms with Gasteiger partial charge in [0.2, 0.25) is 5.82 Å². The Bertz CT molecular complexity index is 1000. The highest BCUT2D eigenvalue weighted by Crippen LogP contribution is 2.23. The van der Waals surface area contributed by atoms with Gasteiger partial charge in [-0.1, -0.05) is 36.0 Å². The molecule has 0 fully saturated rings. The minimum atomic E-state index is -0.205. The summed E-state index contributed by atoms with van der Waals surface area (Å²) in [5, 5.41) is 12.0. The van der Waals surface area contributed by atoms with Gasteiger partial charge in [0, 0.05) is 18.5 Å². The predicted molar refractivity (Wildman–Crippen MR) is 109 cm³/mol. The van der Waals surface area contributed by atoms with E-state index in [2.05, 4.69) is 15.5 Å². The summed E-state index contributed by atoms with van der Waals surface area (Å²) in [4.78, 5) is 12.7. The summed E-state index contributed by atoms with van der Waals surface area (Å²) in [6.07, 6.45) is 0. The maximum atomic E-state index is 12.7. The van der Waals surface area contributed by atoms with Crippen LogP contribution in [-0.2, 0) is 12.8 Å². The molecule has 0 saturated heterocycles. The monoisotopic (exact) mass is 382 g/mol. The molecule has 1 N–H and O–H groups in total. The molecule has 140 valence electrons. The number of nitrogens with zero attached hydrogens (tertiary/aromatic N) is 3. The number of ether oxygens (including phenoxy) is 1. The third-order valence-corrected chi connectivity index (χ3v) is 5.51. The summed E-state index contributed by atoms with van der Waals surface area (Å²) >= 11 is 1.47. The fraction of sp³-hybridized carbons (Fsp3) is 0.250. The molecule has 2 aromatic carbocycles. The molecule has 3 aromatic rings. The van der Waals surface area contributed by atoms with Crippen LogP contribution in [0.3, 0.4) is 0 Å². The van der Waals surface area contributed by atoms with Crippen molar-refractivity contribution in [1.82, 2.24) is 14.8 Å². The third kappa shape index (κ3) is 4.31. The summed E-state index contributed by atoms with van der Waals surface area (Å²) in [7, 11) is 3.35. The summed E-state index contributed by atoms with van der Waals surface area (Å²) in [5.74, 6) is 1.73. The Morgan fingerprint density at radius 2 is 1.85 bits per heavy atom. The molecule has 1 heterocycles. The standard InChI is InChI=1S/C20H22N4O2S/c1-13-6-5-7-17(14(13)2)21-18-19(25)24(3)20(23-22-18)27-12-15-8-10-16(26-4)11-9-15/h5-11H,12H2,1-4H3,(H,21,22). The molecule has 27 heavy (non-hydrogen) atoms. The van der Waals surface area contributed by atoms with E-state index in [-0.39, 0.29) is 11.4 Å². The third-order valence-electron chi connectivity index (χ3n) is 4.41. The quantitative estimate of drug-likeness (QED) is 0.654. The number of aryl methyl sites for hydroxylation is 1. The lowest BCUT2D eigenvalue weighted by molar-refractivity contribution is 0.414. The molecule has 0 aliphatic rings. The summed E-state index contributed by atoms with van der Waals surface area (Å²) < 4.78 is 6.69. The molecule has 0 unspecified atom stereocenters. The van der Waals surface area contributed by atoms with Gasteiger partial charge in [0.05, 0.1) is 7.11 Å². The Kier molecular flexibility index (Phi) is 5.81. The molecule has 3 rings (SSSR count). The summed E-state index contributed by atoms with van der Waals surface area (Å²) in [6.45, 7) is 4.04. The molecular formula is C20H22N4O2S. The van der Waals surface area contributed by atoms with Crippen molar-refractivity contribution in [2.45, 2.75) is 24.8 Å². The minimum Gasteiger partial charge on any atom is -0.497 e. The first kappa shape index (κ1) is 19.0. The molecule has 0 atom stereocenters. The van der Waals surface area contributed by atoms with Gasteiger partial charge in [-0.25, -0.2) is 0 Å². The second kappa shape index (κ2) is 8.26. The van der Waals surface area contributed by atoms with Gasteiger partial charge in [-0.15, -0.1) is 10.2 Å². The van der Waals surface area contributed by atoms with Crippen LogP contribution in [-0.4, -0.2) is 21.9 Å². The van der Waals surface area contributed by atoms with Gasteiger partial charge in [0.1, 0.15) is 5.75 Å². The van der Waals surface area contributed by atoms with Crippen molar-refractivity contribution in [3.05, 3.63) is 69.5 Å². The number of hydrogen-bond donors (Lipinski definition) is 1. The van der Waals surface area contributed by atoms with E-state index in [1.165, 1.54) is 16.3 Å². The van der Waals surface area contributed by atoms with Crippen molar-refractivity contribution in [2.24, 2.45) is 7.05 Å². The molecule has 0 aliphatic heterocycles. The van der Waals surface area contributed by atoms with E-state index < -0.39 is 0 Å². The highest BCUT2D eigenvalue weighted by Gasteiger charge is 2.11. The average molecular weight is 382 g/mol. The second-order valence-electron chi connectivity index (χ2n) is 6.20. The molecule has 7 heteroatoms.